The van der Waals surface area contributed by atoms with Gasteiger partial charge in [-0.15, -0.1) is 0 Å². The number of hydrogen-bond donors (Lipinski definition) is 2. The van der Waals surface area contributed by atoms with Crippen LogP contribution in [0.25, 0.3) is 0 Å². The molecule has 2 N–H and O–H groups in total. The number of carboxylic acids is 1. The minimum atomic E-state index is -0.929. The fourth-order valence-corrected chi connectivity index (χ4v) is 3.33. The Morgan fingerprint density at radius 3 is 2.39 bits per heavy atom. The zero-order chi connectivity index (χ0) is 19.8. The SMILES string of the molecule is O=C(C[C@@H](CN1CCN(c2ccccn2)CC1)C(=O)O)NCc1ccccc1. The van der Waals surface area contributed by atoms with Crippen molar-refractivity contribution in [2.45, 2.75) is 13.0 Å². The van der Waals surface area contributed by atoms with Crippen molar-refractivity contribution in [3.05, 3.63) is 60.3 Å². The van der Waals surface area contributed by atoms with Crippen molar-refractivity contribution in [3.63, 3.8) is 0 Å². The van der Waals surface area contributed by atoms with E-state index in [0.29, 0.717) is 13.1 Å². The molecule has 3 rings (SSSR count). The highest BCUT2D eigenvalue weighted by atomic mass is 16.4. The molecule has 1 aliphatic rings. The number of amides is 1. The Morgan fingerprint density at radius 2 is 1.75 bits per heavy atom. The van der Waals surface area contributed by atoms with Crippen LogP contribution in [0.3, 0.4) is 0 Å². The van der Waals surface area contributed by atoms with Gasteiger partial charge in [-0.25, -0.2) is 4.98 Å². The number of hydrogen-bond acceptors (Lipinski definition) is 5. The van der Waals surface area contributed by atoms with Crippen LogP contribution in [0.5, 0.6) is 0 Å². The van der Waals surface area contributed by atoms with Gasteiger partial charge in [0.15, 0.2) is 0 Å². The number of anilines is 1. The van der Waals surface area contributed by atoms with Gasteiger partial charge in [-0.3, -0.25) is 14.5 Å². The molecule has 0 radical (unpaired) electrons. The molecule has 1 saturated heterocycles. The summed E-state index contributed by atoms with van der Waals surface area (Å²) in [7, 11) is 0. The average molecular weight is 382 g/mol. The monoisotopic (exact) mass is 382 g/mol. The molecule has 28 heavy (non-hydrogen) atoms. The van der Waals surface area contributed by atoms with Gasteiger partial charge in [0.25, 0.3) is 0 Å². The normalized spacial score (nSPS) is 15.8. The third-order valence-corrected chi connectivity index (χ3v) is 4.94. The molecule has 7 nitrogen and oxygen atoms in total. The third-order valence-electron chi connectivity index (χ3n) is 4.94. The van der Waals surface area contributed by atoms with E-state index in [4.69, 9.17) is 0 Å². The molecule has 1 amide bonds. The summed E-state index contributed by atoms with van der Waals surface area (Å²) >= 11 is 0. The summed E-state index contributed by atoms with van der Waals surface area (Å²) in [4.78, 5) is 32.5. The molecular weight excluding hydrogens is 356 g/mol. The highest BCUT2D eigenvalue weighted by molar-refractivity contribution is 5.82. The van der Waals surface area contributed by atoms with Gasteiger partial charge < -0.3 is 15.3 Å². The van der Waals surface area contributed by atoms with E-state index in [0.717, 1.165) is 37.6 Å². The van der Waals surface area contributed by atoms with Gasteiger partial charge in [0.2, 0.25) is 5.91 Å². The summed E-state index contributed by atoms with van der Waals surface area (Å²) in [5.41, 5.74) is 0.994. The quantitative estimate of drug-likeness (QED) is 0.722. The second kappa shape index (κ2) is 9.85. The van der Waals surface area contributed by atoms with Crippen LogP contribution in [-0.4, -0.2) is 59.6 Å². The number of piperazine rings is 1. The number of nitrogens with one attached hydrogen (secondary N) is 1. The van der Waals surface area contributed by atoms with E-state index in [1.165, 1.54) is 0 Å². The number of carbonyl (C=O) groups is 2. The lowest BCUT2D eigenvalue weighted by Crippen LogP contribution is -2.49. The fourth-order valence-electron chi connectivity index (χ4n) is 3.33. The summed E-state index contributed by atoms with van der Waals surface area (Å²) in [5.74, 6) is -0.931. The first-order valence-corrected chi connectivity index (χ1v) is 9.53. The molecule has 2 heterocycles. The van der Waals surface area contributed by atoms with Crippen LogP contribution in [0.4, 0.5) is 5.82 Å². The van der Waals surface area contributed by atoms with Gasteiger partial charge in [-0.05, 0) is 17.7 Å². The second-order valence-corrected chi connectivity index (χ2v) is 6.98. The average Bonchev–Trinajstić information content (AvgIpc) is 2.73. The molecule has 7 heteroatoms. The lowest BCUT2D eigenvalue weighted by molar-refractivity contribution is -0.144. The number of benzene rings is 1. The number of carboxylic acid groups (broad SMARTS) is 1. The van der Waals surface area contributed by atoms with Crippen molar-refractivity contribution in [1.29, 1.82) is 0 Å². The minimum Gasteiger partial charge on any atom is -0.481 e. The summed E-state index contributed by atoms with van der Waals surface area (Å²) in [5, 5.41) is 12.4. The van der Waals surface area contributed by atoms with E-state index in [1.54, 1.807) is 6.20 Å². The van der Waals surface area contributed by atoms with Crippen LogP contribution in [0.2, 0.25) is 0 Å². The first kappa shape index (κ1) is 19.8. The number of pyridine rings is 1. The van der Waals surface area contributed by atoms with Crippen LogP contribution < -0.4 is 10.2 Å². The van der Waals surface area contributed by atoms with E-state index >= 15 is 0 Å². The number of rotatable bonds is 8. The number of aliphatic carboxylic acids is 1. The molecule has 2 aromatic rings. The third kappa shape index (κ3) is 5.79. The maximum Gasteiger partial charge on any atom is 0.308 e. The first-order valence-electron chi connectivity index (χ1n) is 9.53. The summed E-state index contributed by atoms with van der Waals surface area (Å²) in [6.45, 7) is 3.89. The second-order valence-electron chi connectivity index (χ2n) is 6.98. The molecule has 0 spiro atoms. The molecule has 1 fully saturated rings. The summed E-state index contributed by atoms with van der Waals surface area (Å²) in [6, 6.07) is 15.4. The van der Waals surface area contributed by atoms with Crippen LogP contribution in [0, 0.1) is 5.92 Å². The van der Waals surface area contributed by atoms with Gasteiger partial charge in [0.1, 0.15) is 5.82 Å². The lowest BCUT2D eigenvalue weighted by Gasteiger charge is -2.36. The Balaban J connectivity index is 1.45. The predicted octanol–water partition coefficient (Wildman–Crippen LogP) is 1.61. The standard InChI is InChI=1S/C21H26N4O3/c26-20(23-15-17-6-2-1-3-7-17)14-18(21(27)28)16-24-10-12-25(13-11-24)19-8-4-5-9-22-19/h1-9,18H,10-16H2,(H,23,26)(H,27,28)/t18-/m0/s1. The highest BCUT2D eigenvalue weighted by Crippen LogP contribution is 2.15. The van der Waals surface area contributed by atoms with Gasteiger partial charge >= 0.3 is 5.97 Å². The number of aromatic nitrogens is 1. The van der Waals surface area contributed by atoms with Crippen LogP contribution in [0.15, 0.2) is 54.7 Å². The Bertz CT molecular complexity index is 762. The topological polar surface area (TPSA) is 85.8 Å². The van der Waals surface area contributed by atoms with Crippen molar-refractivity contribution in [3.8, 4) is 0 Å². The van der Waals surface area contributed by atoms with Gasteiger partial charge in [0, 0.05) is 51.9 Å². The van der Waals surface area contributed by atoms with Crippen LogP contribution in [0.1, 0.15) is 12.0 Å². The zero-order valence-electron chi connectivity index (χ0n) is 15.8. The van der Waals surface area contributed by atoms with Gasteiger partial charge in [-0.1, -0.05) is 36.4 Å². The van der Waals surface area contributed by atoms with E-state index in [-0.39, 0.29) is 12.3 Å². The predicted molar refractivity (Wildman–Crippen MR) is 107 cm³/mol. The molecule has 0 bridgehead atoms. The Hall–Kier alpha value is -2.93. The van der Waals surface area contributed by atoms with Gasteiger partial charge in [-0.2, -0.15) is 0 Å². The fraction of sp³-hybridized carbons (Fsp3) is 0.381. The molecule has 1 aromatic carbocycles. The number of nitrogens with zero attached hydrogens (tertiary/aromatic N) is 3. The summed E-state index contributed by atoms with van der Waals surface area (Å²) in [6.07, 6.45) is 1.76. The van der Waals surface area contributed by atoms with E-state index < -0.39 is 11.9 Å². The maximum atomic E-state index is 12.2. The molecule has 1 aromatic heterocycles. The Labute approximate surface area is 165 Å². The molecule has 0 unspecified atom stereocenters. The van der Waals surface area contributed by atoms with Crippen molar-refractivity contribution < 1.29 is 14.7 Å². The van der Waals surface area contributed by atoms with Crippen molar-refractivity contribution in [2.24, 2.45) is 5.92 Å². The van der Waals surface area contributed by atoms with Crippen LogP contribution in [-0.2, 0) is 16.1 Å². The lowest BCUT2D eigenvalue weighted by atomic mass is 10.0. The molecule has 1 atom stereocenters. The maximum absolute atomic E-state index is 12.2. The minimum absolute atomic E-state index is 0.0113. The Morgan fingerprint density at radius 1 is 1.04 bits per heavy atom. The smallest absolute Gasteiger partial charge is 0.308 e. The summed E-state index contributed by atoms with van der Waals surface area (Å²) < 4.78 is 0. The highest BCUT2D eigenvalue weighted by Gasteiger charge is 2.26. The molecule has 0 aliphatic carbocycles. The zero-order valence-corrected chi connectivity index (χ0v) is 15.8. The molecular formula is C21H26N4O3. The number of carbonyl (C=O) groups excluding carboxylic acids is 1. The first-order chi connectivity index (χ1) is 13.6. The molecule has 1 aliphatic heterocycles. The van der Waals surface area contributed by atoms with Crippen molar-refractivity contribution in [1.82, 2.24) is 15.2 Å². The van der Waals surface area contributed by atoms with Gasteiger partial charge in [0.05, 0.1) is 5.92 Å². The molecule has 0 saturated carbocycles. The molecule has 148 valence electrons. The van der Waals surface area contributed by atoms with E-state index in [2.05, 4.69) is 20.1 Å². The van der Waals surface area contributed by atoms with Crippen molar-refractivity contribution in [2.75, 3.05) is 37.6 Å². The largest absolute Gasteiger partial charge is 0.481 e. The van der Waals surface area contributed by atoms with E-state index in [9.17, 15) is 14.7 Å². The van der Waals surface area contributed by atoms with E-state index in [1.807, 2.05) is 48.5 Å². The Kier molecular flexibility index (Phi) is 6.97. The van der Waals surface area contributed by atoms with Crippen molar-refractivity contribution >= 4 is 17.7 Å². The van der Waals surface area contributed by atoms with Crippen LogP contribution >= 0.6 is 0 Å².